The first kappa shape index (κ1) is 11.1. The Morgan fingerprint density at radius 1 is 1.19 bits per heavy atom. The van der Waals surface area contributed by atoms with Crippen LogP contribution in [0.25, 0.3) is 10.9 Å². The van der Waals surface area contributed by atoms with Gasteiger partial charge in [0.1, 0.15) is 0 Å². The number of aromatic amines is 1. The van der Waals surface area contributed by atoms with Crippen molar-refractivity contribution in [2.24, 2.45) is 5.92 Å². The van der Waals surface area contributed by atoms with Gasteiger partial charge in [-0.2, -0.15) is 0 Å². The summed E-state index contributed by atoms with van der Waals surface area (Å²) in [6.07, 6.45) is 3.18. The number of fused-ring (bicyclic) bond motifs is 1. The Balaban J connectivity index is 2.08. The standard InChI is InChI=1S/C14H20N2/c1-10(2)8-11(3)16-13-4-5-14-12(9-13)6-7-15-14/h4-7,9-11,15-16H,8H2,1-3H3/t11-/m0/s1. The van der Waals surface area contributed by atoms with Gasteiger partial charge in [0, 0.05) is 28.8 Å². The third kappa shape index (κ3) is 2.57. The highest BCUT2D eigenvalue weighted by Gasteiger charge is 2.05. The van der Waals surface area contributed by atoms with E-state index in [1.54, 1.807) is 0 Å². The van der Waals surface area contributed by atoms with Gasteiger partial charge in [-0.3, -0.25) is 0 Å². The molecule has 0 unspecified atom stereocenters. The molecule has 16 heavy (non-hydrogen) atoms. The topological polar surface area (TPSA) is 27.8 Å². The molecule has 0 radical (unpaired) electrons. The van der Waals surface area contributed by atoms with Gasteiger partial charge >= 0.3 is 0 Å². The molecule has 0 amide bonds. The number of aromatic nitrogens is 1. The second-order valence-electron chi connectivity index (χ2n) is 4.95. The van der Waals surface area contributed by atoms with E-state index in [0.717, 1.165) is 5.92 Å². The number of nitrogens with one attached hydrogen (secondary N) is 2. The van der Waals surface area contributed by atoms with Crippen LogP contribution in [0.3, 0.4) is 0 Å². The van der Waals surface area contributed by atoms with Gasteiger partial charge in [-0.05, 0) is 43.5 Å². The fourth-order valence-corrected chi connectivity index (χ4v) is 2.19. The zero-order valence-electron chi connectivity index (χ0n) is 10.2. The molecule has 0 spiro atoms. The van der Waals surface area contributed by atoms with Crippen LogP contribution in [0.1, 0.15) is 27.2 Å². The van der Waals surface area contributed by atoms with Crippen LogP contribution in [0.2, 0.25) is 0 Å². The summed E-state index contributed by atoms with van der Waals surface area (Å²) >= 11 is 0. The Labute approximate surface area is 97.1 Å². The van der Waals surface area contributed by atoms with E-state index in [1.807, 2.05) is 6.20 Å². The quantitative estimate of drug-likeness (QED) is 0.794. The zero-order chi connectivity index (χ0) is 11.5. The number of benzene rings is 1. The molecular formula is C14H20N2. The Morgan fingerprint density at radius 3 is 2.75 bits per heavy atom. The van der Waals surface area contributed by atoms with Gasteiger partial charge < -0.3 is 10.3 Å². The van der Waals surface area contributed by atoms with Crippen molar-refractivity contribution >= 4 is 16.6 Å². The minimum Gasteiger partial charge on any atom is -0.383 e. The Kier molecular flexibility index (Phi) is 3.18. The van der Waals surface area contributed by atoms with Crippen molar-refractivity contribution < 1.29 is 0 Å². The molecule has 2 aromatic rings. The summed E-state index contributed by atoms with van der Waals surface area (Å²) in [5.41, 5.74) is 2.40. The molecule has 0 saturated heterocycles. The van der Waals surface area contributed by atoms with Crippen molar-refractivity contribution in [1.82, 2.24) is 4.98 Å². The van der Waals surface area contributed by atoms with E-state index in [4.69, 9.17) is 0 Å². The lowest BCUT2D eigenvalue weighted by atomic mass is 10.0. The van der Waals surface area contributed by atoms with Gasteiger partial charge in [0.05, 0.1) is 0 Å². The summed E-state index contributed by atoms with van der Waals surface area (Å²) in [6, 6.07) is 9.09. The highest BCUT2D eigenvalue weighted by Crippen LogP contribution is 2.19. The number of hydrogen-bond donors (Lipinski definition) is 2. The van der Waals surface area contributed by atoms with Crippen LogP contribution in [0, 0.1) is 5.92 Å². The molecule has 0 aliphatic rings. The van der Waals surface area contributed by atoms with Crippen LogP contribution in [0.15, 0.2) is 30.5 Å². The van der Waals surface area contributed by atoms with E-state index in [2.05, 4.69) is 55.3 Å². The normalized spacial score (nSPS) is 13.2. The van der Waals surface area contributed by atoms with E-state index in [-0.39, 0.29) is 0 Å². The summed E-state index contributed by atoms with van der Waals surface area (Å²) in [6.45, 7) is 6.75. The Hall–Kier alpha value is -1.44. The lowest BCUT2D eigenvalue weighted by Gasteiger charge is -2.17. The second-order valence-corrected chi connectivity index (χ2v) is 4.95. The molecule has 2 N–H and O–H groups in total. The molecule has 86 valence electrons. The highest BCUT2D eigenvalue weighted by molar-refractivity contribution is 5.82. The fourth-order valence-electron chi connectivity index (χ4n) is 2.19. The number of rotatable bonds is 4. The molecule has 2 rings (SSSR count). The van der Waals surface area contributed by atoms with Crippen molar-refractivity contribution in [3.05, 3.63) is 30.5 Å². The van der Waals surface area contributed by atoms with Crippen LogP contribution in [0.4, 0.5) is 5.69 Å². The summed E-state index contributed by atoms with van der Waals surface area (Å²) in [5, 5.41) is 4.81. The van der Waals surface area contributed by atoms with Crippen molar-refractivity contribution in [3.63, 3.8) is 0 Å². The number of anilines is 1. The molecule has 1 aromatic heterocycles. The van der Waals surface area contributed by atoms with Crippen molar-refractivity contribution in [3.8, 4) is 0 Å². The SMILES string of the molecule is CC(C)C[C@H](C)Nc1ccc2[nH]ccc2c1. The van der Waals surface area contributed by atoms with Crippen LogP contribution in [-0.2, 0) is 0 Å². The highest BCUT2D eigenvalue weighted by atomic mass is 14.9. The third-order valence-electron chi connectivity index (χ3n) is 2.79. The molecule has 1 atom stereocenters. The van der Waals surface area contributed by atoms with Crippen LogP contribution >= 0.6 is 0 Å². The van der Waals surface area contributed by atoms with E-state index in [9.17, 15) is 0 Å². The first-order chi connectivity index (χ1) is 7.65. The summed E-state index contributed by atoms with van der Waals surface area (Å²) in [4.78, 5) is 3.20. The smallest absolute Gasteiger partial charge is 0.0455 e. The monoisotopic (exact) mass is 216 g/mol. The molecule has 0 aliphatic carbocycles. The van der Waals surface area contributed by atoms with Crippen molar-refractivity contribution in [1.29, 1.82) is 0 Å². The van der Waals surface area contributed by atoms with E-state index in [0.29, 0.717) is 6.04 Å². The average Bonchev–Trinajstić information content (AvgIpc) is 2.63. The minimum absolute atomic E-state index is 0.524. The molecule has 2 heteroatoms. The van der Waals surface area contributed by atoms with E-state index >= 15 is 0 Å². The Bertz CT molecular complexity index is 456. The molecule has 0 fully saturated rings. The largest absolute Gasteiger partial charge is 0.383 e. The molecule has 2 nitrogen and oxygen atoms in total. The van der Waals surface area contributed by atoms with Gasteiger partial charge in [-0.25, -0.2) is 0 Å². The molecular weight excluding hydrogens is 196 g/mol. The van der Waals surface area contributed by atoms with Gasteiger partial charge in [0.15, 0.2) is 0 Å². The predicted octanol–water partition coefficient (Wildman–Crippen LogP) is 4.01. The average molecular weight is 216 g/mol. The minimum atomic E-state index is 0.524. The van der Waals surface area contributed by atoms with Gasteiger partial charge in [-0.15, -0.1) is 0 Å². The fraction of sp³-hybridized carbons (Fsp3) is 0.429. The van der Waals surface area contributed by atoms with Crippen molar-refractivity contribution in [2.45, 2.75) is 33.2 Å². The summed E-state index contributed by atoms with van der Waals surface area (Å²) in [5.74, 6) is 0.735. The molecule has 1 aromatic carbocycles. The van der Waals surface area contributed by atoms with E-state index in [1.165, 1.54) is 23.0 Å². The Morgan fingerprint density at radius 2 is 2.00 bits per heavy atom. The maximum Gasteiger partial charge on any atom is 0.0455 e. The van der Waals surface area contributed by atoms with Gasteiger partial charge in [0.25, 0.3) is 0 Å². The third-order valence-corrected chi connectivity index (χ3v) is 2.79. The number of H-pyrrole nitrogens is 1. The molecule has 0 aliphatic heterocycles. The van der Waals surface area contributed by atoms with E-state index < -0.39 is 0 Å². The lowest BCUT2D eigenvalue weighted by Crippen LogP contribution is -2.17. The molecule has 0 saturated carbocycles. The summed E-state index contributed by atoms with van der Waals surface area (Å²) < 4.78 is 0. The maximum atomic E-state index is 3.54. The first-order valence-electron chi connectivity index (χ1n) is 5.99. The van der Waals surface area contributed by atoms with Crippen LogP contribution in [0.5, 0.6) is 0 Å². The molecule has 1 heterocycles. The van der Waals surface area contributed by atoms with Gasteiger partial charge in [-0.1, -0.05) is 13.8 Å². The van der Waals surface area contributed by atoms with Gasteiger partial charge in [0.2, 0.25) is 0 Å². The van der Waals surface area contributed by atoms with Crippen LogP contribution < -0.4 is 5.32 Å². The number of hydrogen-bond acceptors (Lipinski definition) is 1. The lowest BCUT2D eigenvalue weighted by molar-refractivity contribution is 0.540. The molecule has 0 bridgehead atoms. The zero-order valence-corrected chi connectivity index (χ0v) is 10.2. The summed E-state index contributed by atoms with van der Waals surface area (Å²) in [7, 11) is 0. The predicted molar refractivity (Wildman–Crippen MR) is 70.8 cm³/mol. The first-order valence-corrected chi connectivity index (χ1v) is 5.99. The second kappa shape index (κ2) is 4.60. The van der Waals surface area contributed by atoms with Crippen LogP contribution in [-0.4, -0.2) is 11.0 Å². The van der Waals surface area contributed by atoms with Crippen molar-refractivity contribution in [2.75, 3.05) is 5.32 Å². The maximum absolute atomic E-state index is 3.54.